The van der Waals surface area contributed by atoms with Gasteiger partial charge in [0, 0.05) is 0 Å². The van der Waals surface area contributed by atoms with Gasteiger partial charge in [-0.3, -0.25) is 4.79 Å². The number of esters is 1. The quantitative estimate of drug-likeness (QED) is 0.323. The average Bonchev–Trinajstić information content (AvgIpc) is 1.95. The summed E-state index contributed by atoms with van der Waals surface area (Å²) in [5.41, 5.74) is 0. The van der Waals surface area contributed by atoms with E-state index in [2.05, 4.69) is 11.3 Å². The molecule has 0 amide bonds. The lowest BCUT2D eigenvalue weighted by molar-refractivity contribution is -0.172. The monoisotopic (exact) mass is 142 g/mol. The molecule has 56 valence electrons. The van der Waals surface area contributed by atoms with Crippen molar-refractivity contribution in [2.45, 2.75) is 0 Å². The van der Waals surface area contributed by atoms with Crippen LogP contribution < -0.4 is 0 Å². The Morgan fingerprint density at radius 1 is 1.90 bits per heavy atom. The van der Waals surface area contributed by atoms with E-state index in [1.165, 1.54) is 0 Å². The van der Waals surface area contributed by atoms with E-state index in [1.54, 1.807) is 6.08 Å². The third kappa shape index (κ3) is 1.57. The molecule has 1 saturated heterocycles. The SMILES string of the molecule is C=CCOCC1COC1=O. The zero-order valence-electron chi connectivity index (χ0n) is 5.71. The van der Waals surface area contributed by atoms with Gasteiger partial charge in [0.25, 0.3) is 0 Å². The summed E-state index contributed by atoms with van der Waals surface area (Å²) in [6, 6.07) is 0. The molecule has 1 heterocycles. The molecule has 1 aliphatic rings. The van der Waals surface area contributed by atoms with Gasteiger partial charge in [0.15, 0.2) is 0 Å². The summed E-state index contributed by atoms with van der Waals surface area (Å²) in [6.45, 7) is 4.96. The average molecular weight is 142 g/mol. The molecule has 0 N–H and O–H groups in total. The Morgan fingerprint density at radius 2 is 2.70 bits per heavy atom. The van der Waals surface area contributed by atoms with Gasteiger partial charge in [-0.25, -0.2) is 0 Å². The molecule has 0 aromatic carbocycles. The lowest BCUT2D eigenvalue weighted by atomic mass is 10.1. The molecule has 10 heavy (non-hydrogen) atoms. The minimum atomic E-state index is -0.149. The Balaban J connectivity index is 2.02. The molecule has 0 spiro atoms. The van der Waals surface area contributed by atoms with Crippen molar-refractivity contribution in [3.8, 4) is 0 Å². The molecule has 3 nitrogen and oxygen atoms in total. The molecule has 0 bridgehead atoms. The molecule has 1 atom stereocenters. The molecule has 1 rings (SSSR count). The first-order valence-electron chi connectivity index (χ1n) is 3.20. The van der Waals surface area contributed by atoms with Crippen LogP contribution in [0.25, 0.3) is 0 Å². The third-order valence-electron chi connectivity index (χ3n) is 1.31. The minimum absolute atomic E-state index is 0.0278. The lowest BCUT2D eigenvalue weighted by Gasteiger charge is -2.23. The van der Waals surface area contributed by atoms with Crippen molar-refractivity contribution in [2.75, 3.05) is 19.8 Å². The maximum absolute atomic E-state index is 10.5. The van der Waals surface area contributed by atoms with Gasteiger partial charge in [-0.2, -0.15) is 0 Å². The number of carbonyl (C=O) groups is 1. The highest BCUT2D eigenvalue weighted by Gasteiger charge is 2.30. The zero-order chi connectivity index (χ0) is 7.40. The zero-order valence-corrected chi connectivity index (χ0v) is 5.71. The van der Waals surface area contributed by atoms with Crippen molar-refractivity contribution in [2.24, 2.45) is 5.92 Å². The van der Waals surface area contributed by atoms with Crippen LogP contribution in [0, 0.1) is 5.92 Å². The van der Waals surface area contributed by atoms with Gasteiger partial charge < -0.3 is 9.47 Å². The molecule has 0 aromatic heterocycles. The van der Waals surface area contributed by atoms with Gasteiger partial charge in [-0.05, 0) is 0 Å². The van der Waals surface area contributed by atoms with Gasteiger partial charge in [0.1, 0.15) is 12.5 Å². The van der Waals surface area contributed by atoms with E-state index in [1.807, 2.05) is 0 Å². The maximum Gasteiger partial charge on any atom is 0.314 e. The van der Waals surface area contributed by atoms with Crippen molar-refractivity contribution >= 4 is 5.97 Å². The van der Waals surface area contributed by atoms with E-state index < -0.39 is 0 Å². The molecule has 0 saturated carbocycles. The Labute approximate surface area is 59.6 Å². The van der Waals surface area contributed by atoms with Crippen LogP contribution >= 0.6 is 0 Å². The van der Waals surface area contributed by atoms with Crippen LogP contribution in [0.3, 0.4) is 0 Å². The normalized spacial score (nSPS) is 23.2. The summed E-state index contributed by atoms with van der Waals surface area (Å²) in [5.74, 6) is -0.177. The van der Waals surface area contributed by atoms with Gasteiger partial charge in [0.05, 0.1) is 13.2 Å². The summed E-state index contributed by atoms with van der Waals surface area (Å²) in [4.78, 5) is 10.5. The number of ether oxygens (including phenoxy) is 2. The second kappa shape index (κ2) is 3.37. The highest BCUT2D eigenvalue weighted by Crippen LogP contribution is 2.11. The minimum Gasteiger partial charge on any atom is -0.464 e. The number of carbonyl (C=O) groups excluding carboxylic acids is 1. The van der Waals surface area contributed by atoms with Gasteiger partial charge >= 0.3 is 5.97 Å². The first-order valence-corrected chi connectivity index (χ1v) is 3.20. The molecule has 1 fully saturated rings. The van der Waals surface area contributed by atoms with E-state index in [4.69, 9.17) is 4.74 Å². The third-order valence-corrected chi connectivity index (χ3v) is 1.31. The predicted octanol–water partition coefficient (Wildman–Crippen LogP) is 0.362. The van der Waals surface area contributed by atoms with Crippen LogP contribution in [0.2, 0.25) is 0 Å². The summed E-state index contributed by atoms with van der Waals surface area (Å²) < 4.78 is 9.57. The fourth-order valence-electron chi connectivity index (χ4n) is 0.679. The number of rotatable bonds is 4. The fraction of sp³-hybridized carbons (Fsp3) is 0.571. The Bertz CT molecular complexity index is 142. The van der Waals surface area contributed by atoms with E-state index in [0.717, 1.165) is 0 Å². The highest BCUT2D eigenvalue weighted by molar-refractivity contribution is 5.77. The van der Waals surface area contributed by atoms with E-state index in [-0.39, 0.29) is 11.9 Å². The van der Waals surface area contributed by atoms with Crippen LogP contribution in [0.5, 0.6) is 0 Å². The molecular formula is C7H10O3. The topological polar surface area (TPSA) is 35.5 Å². The van der Waals surface area contributed by atoms with Crippen LogP contribution in [0.15, 0.2) is 12.7 Å². The number of hydrogen-bond acceptors (Lipinski definition) is 3. The molecule has 0 radical (unpaired) electrons. The van der Waals surface area contributed by atoms with Crippen molar-refractivity contribution in [3.63, 3.8) is 0 Å². The maximum atomic E-state index is 10.5. The van der Waals surface area contributed by atoms with Crippen LogP contribution in [-0.2, 0) is 14.3 Å². The summed E-state index contributed by atoms with van der Waals surface area (Å²) in [7, 11) is 0. The molecule has 1 aliphatic heterocycles. The molecule has 0 aromatic rings. The highest BCUT2D eigenvalue weighted by atomic mass is 16.6. The smallest absolute Gasteiger partial charge is 0.314 e. The predicted molar refractivity (Wildman–Crippen MR) is 35.5 cm³/mol. The fourth-order valence-corrected chi connectivity index (χ4v) is 0.679. The summed E-state index contributed by atoms with van der Waals surface area (Å²) >= 11 is 0. The first kappa shape index (κ1) is 7.28. The lowest BCUT2D eigenvalue weighted by Crippen LogP contribution is -2.37. The van der Waals surface area contributed by atoms with Crippen molar-refractivity contribution in [3.05, 3.63) is 12.7 Å². The Kier molecular flexibility index (Phi) is 2.45. The van der Waals surface area contributed by atoms with Crippen LogP contribution in [0.1, 0.15) is 0 Å². The molecule has 3 heteroatoms. The summed E-state index contributed by atoms with van der Waals surface area (Å²) in [6.07, 6.45) is 1.66. The van der Waals surface area contributed by atoms with Crippen molar-refractivity contribution in [1.29, 1.82) is 0 Å². The largest absolute Gasteiger partial charge is 0.464 e. The van der Waals surface area contributed by atoms with Crippen LogP contribution in [0.4, 0.5) is 0 Å². The van der Waals surface area contributed by atoms with Gasteiger partial charge in [-0.1, -0.05) is 6.08 Å². The van der Waals surface area contributed by atoms with Gasteiger partial charge in [0.2, 0.25) is 0 Å². The molecular weight excluding hydrogens is 132 g/mol. The Morgan fingerprint density at radius 3 is 3.10 bits per heavy atom. The number of cyclic esters (lactones) is 1. The standard InChI is InChI=1S/C7H10O3/c1-2-3-9-4-6-5-10-7(6)8/h2,6H,1,3-5H2. The van der Waals surface area contributed by atoms with E-state index >= 15 is 0 Å². The van der Waals surface area contributed by atoms with Gasteiger partial charge in [-0.15, -0.1) is 6.58 Å². The Hall–Kier alpha value is -0.830. The second-order valence-electron chi connectivity index (χ2n) is 2.15. The molecule has 0 aliphatic carbocycles. The van der Waals surface area contributed by atoms with E-state index in [0.29, 0.717) is 19.8 Å². The van der Waals surface area contributed by atoms with Crippen molar-refractivity contribution < 1.29 is 14.3 Å². The first-order chi connectivity index (χ1) is 4.84. The second-order valence-corrected chi connectivity index (χ2v) is 2.15. The molecule has 1 unspecified atom stereocenters. The van der Waals surface area contributed by atoms with Crippen LogP contribution in [-0.4, -0.2) is 25.8 Å². The number of hydrogen-bond donors (Lipinski definition) is 0. The summed E-state index contributed by atoms with van der Waals surface area (Å²) in [5, 5.41) is 0. The van der Waals surface area contributed by atoms with E-state index in [9.17, 15) is 4.79 Å². The van der Waals surface area contributed by atoms with Crippen molar-refractivity contribution in [1.82, 2.24) is 0 Å².